The highest BCUT2D eigenvalue weighted by molar-refractivity contribution is 5.97. The summed E-state index contributed by atoms with van der Waals surface area (Å²) in [5.74, 6) is -6.33. The zero-order chi connectivity index (χ0) is 39.1. The van der Waals surface area contributed by atoms with E-state index in [4.69, 9.17) is 16.9 Å². The van der Waals surface area contributed by atoms with Gasteiger partial charge in [0.15, 0.2) is 5.96 Å². The third-order valence-corrected chi connectivity index (χ3v) is 8.74. The number of carbonyl (C=O) groups excluding carboxylic acids is 6. The van der Waals surface area contributed by atoms with Gasteiger partial charge < -0.3 is 68.3 Å². The fourth-order valence-electron chi connectivity index (χ4n) is 6.04. The molecule has 21 heteroatoms. The van der Waals surface area contributed by atoms with Crippen molar-refractivity contribution in [3.05, 3.63) is 0 Å². The maximum absolute atomic E-state index is 13.6. The number of likely N-dealkylation sites (tertiary alicyclic amines) is 2. The van der Waals surface area contributed by atoms with Crippen LogP contribution in [0.3, 0.4) is 0 Å². The van der Waals surface area contributed by atoms with Crippen molar-refractivity contribution in [3.63, 3.8) is 0 Å². The van der Waals surface area contributed by atoms with Gasteiger partial charge >= 0.3 is 5.97 Å². The van der Waals surface area contributed by atoms with Gasteiger partial charge in [-0.2, -0.15) is 0 Å². The van der Waals surface area contributed by atoms with Crippen LogP contribution < -0.4 is 38.1 Å². The maximum atomic E-state index is 13.6. The van der Waals surface area contributed by atoms with E-state index in [0.29, 0.717) is 12.8 Å². The molecule has 14 N–H and O–H groups in total. The highest BCUT2D eigenvalue weighted by Gasteiger charge is 2.42. The SMILES string of the molecule is CC(C)C[C@H](NC(=O)[C@@H](N)CO)C(=O)N1CCC[C@H]1C(=O)N[C@@H](CO)C(=O)N1CCC[C@H]1C(=O)N[C@@H](CO)C(=O)N[C@@H](CCCNC(=N)N)C(=O)O. The second kappa shape index (κ2) is 21.1. The number of rotatable bonds is 20. The van der Waals surface area contributed by atoms with E-state index in [1.54, 1.807) is 0 Å². The largest absolute Gasteiger partial charge is 0.480 e. The normalized spacial score (nSPS) is 19.9. The minimum atomic E-state index is -1.56. The van der Waals surface area contributed by atoms with Crippen LogP contribution in [0.25, 0.3) is 0 Å². The number of aliphatic hydroxyl groups excluding tert-OH is 3. The molecule has 0 aromatic heterocycles. The summed E-state index contributed by atoms with van der Waals surface area (Å²) in [6, 6.07) is -8.91. The highest BCUT2D eigenvalue weighted by atomic mass is 16.4. The molecule has 6 amide bonds. The van der Waals surface area contributed by atoms with E-state index in [2.05, 4.69) is 26.6 Å². The molecule has 0 aliphatic carbocycles. The van der Waals surface area contributed by atoms with E-state index in [0.717, 1.165) is 4.90 Å². The molecule has 2 aliphatic rings. The Labute approximate surface area is 301 Å². The predicted molar refractivity (Wildman–Crippen MR) is 183 cm³/mol. The van der Waals surface area contributed by atoms with Crippen LogP contribution in [-0.2, 0) is 33.6 Å². The number of nitrogens with two attached hydrogens (primary N) is 2. The van der Waals surface area contributed by atoms with Gasteiger partial charge in [0.1, 0.15) is 42.3 Å². The van der Waals surface area contributed by atoms with Crippen molar-refractivity contribution in [1.82, 2.24) is 36.4 Å². The molecule has 2 fully saturated rings. The minimum Gasteiger partial charge on any atom is -0.480 e. The van der Waals surface area contributed by atoms with Crippen molar-refractivity contribution in [1.29, 1.82) is 5.41 Å². The number of nitrogens with zero attached hydrogens (tertiary/aromatic N) is 2. The molecule has 52 heavy (non-hydrogen) atoms. The summed E-state index contributed by atoms with van der Waals surface area (Å²) in [5, 5.41) is 58.0. The Bertz CT molecular complexity index is 1300. The van der Waals surface area contributed by atoms with Crippen molar-refractivity contribution in [2.75, 3.05) is 39.5 Å². The average molecular weight is 743 g/mol. The molecular formula is C31H54N10O11. The van der Waals surface area contributed by atoms with Gasteiger partial charge in [-0.1, -0.05) is 13.8 Å². The number of aliphatic carboxylic acids is 1. The number of hydrogen-bond acceptors (Lipinski definition) is 12. The number of aliphatic hydroxyl groups is 3. The lowest BCUT2D eigenvalue weighted by atomic mass is 10.0. The lowest BCUT2D eigenvalue weighted by Crippen LogP contribution is -2.60. The summed E-state index contributed by atoms with van der Waals surface area (Å²) in [7, 11) is 0. The van der Waals surface area contributed by atoms with Gasteiger partial charge in [-0.25, -0.2) is 4.79 Å². The van der Waals surface area contributed by atoms with Crippen molar-refractivity contribution < 1.29 is 54.0 Å². The minimum absolute atomic E-state index is 0.0349. The van der Waals surface area contributed by atoms with E-state index in [9.17, 15) is 54.0 Å². The Balaban J connectivity index is 2.09. The fraction of sp³-hybridized carbons (Fsp3) is 0.742. The standard InChI is InChI=1S/C31H54N10O11/c1-16(2)12-19(37-24(45)17(32)13-42)28(49)40-10-4-8-23(40)27(48)39-21(15-44)29(50)41-11-5-7-22(41)26(47)38-20(14-43)25(46)36-18(30(51)52)6-3-9-35-31(33)34/h16-23,42-44H,3-15,32H2,1-2H3,(H,36,46)(H,37,45)(H,38,47)(H,39,48)(H,51,52)(H4,33,34,35)/t17-,18-,19-,20-,21-,22-,23-/m0/s1. The molecular weight excluding hydrogens is 688 g/mol. The summed E-state index contributed by atoms with van der Waals surface area (Å²) in [6.07, 6.45) is 1.59. The molecule has 2 aliphatic heterocycles. The van der Waals surface area contributed by atoms with E-state index >= 15 is 0 Å². The summed E-state index contributed by atoms with van der Waals surface area (Å²) >= 11 is 0. The molecule has 7 atom stereocenters. The zero-order valence-corrected chi connectivity index (χ0v) is 29.5. The Morgan fingerprint density at radius 2 is 1.25 bits per heavy atom. The summed E-state index contributed by atoms with van der Waals surface area (Å²) in [4.78, 5) is 93.1. The molecule has 2 saturated heterocycles. The van der Waals surface area contributed by atoms with Gasteiger partial charge in [0.25, 0.3) is 0 Å². The van der Waals surface area contributed by atoms with Crippen molar-refractivity contribution in [2.24, 2.45) is 17.4 Å². The lowest BCUT2D eigenvalue weighted by Gasteiger charge is -2.32. The topological polar surface area (TPSA) is 343 Å². The molecule has 0 saturated carbocycles. The molecule has 294 valence electrons. The van der Waals surface area contributed by atoms with Gasteiger partial charge in [-0.3, -0.25) is 34.2 Å². The van der Waals surface area contributed by atoms with Gasteiger partial charge in [-0.05, 0) is 50.9 Å². The first kappa shape index (κ1) is 43.6. The Morgan fingerprint density at radius 3 is 1.71 bits per heavy atom. The first-order valence-corrected chi connectivity index (χ1v) is 17.3. The maximum Gasteiger partial charge on any atom is 0.326 e. The molecule has 2 rings (SSSR count). The molecule has 21 nitrogen and oxygen atoms in total. The van der Waals surface area contributed by atoms with Crippen LogP contribution in [0.4, 0.5) is 0 Å². The Kier molecular flexibility index (Phi) is 17.6. The number of carbonyl (C=O) groups is 7. The molecule has 0 radical (unpaired) electrons. The number of nitrogens with one attached hydrogen (secondary N) is 6. The third-order valence-electron chi connectivity index (χ3n) is 8.74. The second-order valence-electron chi connectivity index (χ2n) is 13.2. The second-order valence-corrected chi connectivity index (χ2v) is 13.2. The third kappa shape index (κ3) is 12.6. The summed E-state index contributed by atoms with van der Waals surface area (Å²) in [5.41, 5.74) is 10.8. The van der Waals surface area contributed by atoms with Crippen LogP contribution in [0.2, 0.25) is 0 Å². The Morgan fingerprint density at radius 1 is 0.750 bits per heavy atom. The smallest absolute Gasteiger partial charge is 0.326 e. The van der Waals surface area contributed by atoms with Gasteiger partial charge in [0.05, 0.1) is 19.8 Å². The number of carboxylic acids is 1. The van der Waals surface area contributed by atoms with E-state index in [1.165, 1.54) is 4.90 Å². The van der Waals surface area contributed by atoms with Gasteiger partial charge in [-0.15, -0.1) is 0 Å². The van der Waals surface area contributed by atoms with Crippen molar-refractivity contribution in [2.45, 2.75) is 101 Å². The van der Waals surface area contributed by atoms with Crippen LogP contribution >= 0.6 is 0 Å². The molecule has 0 aromatic carbocycles. The summed E-state index contributed by atoms with van der Waals surface area (Å²) < 4.78 is 0. The molecule has 0 bridgehead atoms. The first-order valence-electron chi connectivity index (χ1n) is 17.3. The van der Waals surface area contributed by atoms with Crippen molar-refractivity contribution in [3.8, 4) is 0 Å². The average Bonchev–Trinajstić information content (AvgIpc) is 3.80. The monoisotopic (exact) mass is 742 g/mol. The van der Waals surface area contributed by atoms with Gasteiger partial charge in [0.2, 0.25) is 35.4 Å². The van der Waals surface area contributed by atoms with E-state index < -0.39 is 104 Å². The van der Waals surface area contributed by atoms with Gasteiger partial charge in [0, 0.05) is 19.6 Å². The lowest BCUT2D eigenvalue weighted by molar-refractivity contribution is -0.145. The fourth-order valence-corrected chi connectivity index (χ4v) is 6.04. The quantitative estimate of drug-likeness (QED) is 0.0315. The molecule has 0 aromatic rings. The zero-order valence-electron chi connectivity index (χ0n) is 29.5. The van der Waals surface area contributed by atoms with Crippen molar-refractivity contribution >= 4 is 47.4 Å². The first-order chi connectivity index (χ1) is 24.6. The van der Waals surface area contributed by atoms with Crippen LogP contribution in [-0.4, -0.2) is 159 Å². The van der Waals surface area contributed by atoms with Crippen LogP contribution in [0.1, 0.15) is 58.8 Å². The number of amides is 6. The number of hydrogen-bond donors (Lipinski definition) is 12. The van der Waals surface area contributed by atoms with Crippen LogP contribution in [0.5, 0.6) is 0 Å². The highest BCUT2D eigenvalue weighted by Crippen LogP contribution is 2.22. The molecule has 0 spiro atoms. The summed E-state index contributed by atoms with van der Waals surface area (Å²) in [6.45, 7) is 1.73. The Hall–Kier alpha value is -4.60. The van der Waals surface area contributed by atoms with E-state index in [-0.39, 0.29) is 63.6 Å². The molecule has 2 heterocycles. The molecule has 0 unspecified atom stereocenters. The number of carboxylic acid groups (broad SMARTS) is 1. The number of guanidine groups is 1. The van der Waals surface area contributed by atoms with Crippen LogP contribution in [0.15, 0.2) is 0 Å². The van der Waals surface area contributed by atoms with E-state index in [1.807, 2.05) is 13.8 Å². The van der Waals surface area contributed by atoms with Crippen LogP contribution in [0, 0.1) is 11.3 Å². The predicted octanol–water partition coefficient (Wildman–Crippen LogP) is -5.39.